The quantitative estimate of drug-likeness (QED) is 0.401. The zero-order valence-electron chi connectivity index (χ0n) is 17.2. The lowest BCUT2D eigenvalue weighted by Crippen LogP contribution is -2.23. The normalized spacial score (nSPS) is 11.3. The number of rotatable bonds is 7. The minimum absolute atomic E-state index is 0.0114. The maximum absolute atomic E-state index is 12.8. The van der Waals surface area contributed by atoms with Crippen LogP contribution in [0, 0.1) is 6.92 Å². The number of anilines is 1. The summed E-state index contributed by atoms with van der Waals surface area (Å²) < 4.78 is 27.9. The summed E-state index contributed by atoms with van der Waals surface area (Å²) in [5.74, 6) is -0.0849. The molecule has 0 aliphatic heterocycles. The summed E-state index contributed by atoms with van der Waals surface area (Å²) >= 11 is 0. The molecule has 4 aromatic rings. The molecule has 162 valence electrons. The highest BCUT2D eigenvalue weighted by Gasteiger charge is 2.18. The van der Waals surface area contributed by atoms with Crippen molar-refractivity contribution in [2.45, 2.75) is 18.4 Å². The molecule has 0 aliphatic carbocycles. The van der Waals surface area contributed by atoms with Crippen molar-refractivity contribution in [2.75, 3.05) is 5.32 Å². The van der Waals surface area contributed by atoms with Crippen LogP contribution in [0.1, 0.15) is 21.5 Å². The van der Waals surface area contributed by atoms with Crippen molar-refractivity contribution in [3.05, 3.63) is 95.8 Å². The van der Waals surface area contributed by atoms with E-state index in [0.717, 1.165) is 22.4 Å². The van der Waals surface area contributed by atoms with Gasteiger partial charge in [0, 0.05) is 35.6 Å². The van der Waals surface area contributed by atoms with Gasteiger partial charge in [0.05, 0.1) is 10.6 Å². The molecule has 0 atom stereocenters. The van der Waals surface area contributed by atoms with Gasteiger partial charge >= 0.3 is 0 Å². The maximum atomic E-state index is 12.8. The van der Waals surface area contributed by atoms with E-state index in [9.17, 15) is 13.2 Å². The zero-order valence-corrected chi connectivity index (χ0v) is 18.1. The molecule has 0 saturated carbocycles. The highest BCUT2D eigenvalue weighted by atomic mass is 32.2. The van der Waals surface area contributed by atoms with Crippen LogP contribution in [0.2, 0.25) is 0 Å². The van der Waals surface area contributed by atoms with Crippen LogP contribution in [0.3, 0.4) is 0 Å². The van der Waals surface area contributed by atoms with Gasteiger partial charge in [-0.15, -0.1) is 0 Å². The molecule has 1 amide bonds. The molecule has 0 spiro atoms. The Morgan fingerprint density at radius 1 is 1.00 bits per heavy atom. The van der Waals surface area contributed by atoms with Crippen molar-refractivity contribution in [1.29, 1.82) is 0 Å². The van der Waals surface area contributed by atoms with Crippen molar-refractivity contribution in [3.8, 4) is 11.3 Å². The van der Waals surface area contributed by atoms with Crippen LogP contribution in [0.5, 0.6) is 0 Å². The Bertz CT molecular complexity index is 1340. The summed E-state index contributed by atoms with van der Waals surface area (Å²) in [6, 6.07) is 18.8. The third-order valence-corrected chi connectivity index (χ3v) is 6.33. The number of amides is 1. The van der Waals surface area contributed by atoms with E-state index in [1.165, 1.54) is 18.2 Å². The molecule has 0 radical (unpaired) electrons. The number of sulfonamides is 1. The van der Waals surface area contributed by atoms with Crippen molar-refractivity contribution in [3.63, 3.8) is 0 Å². The van der Waals surface area contributed by atoms with E-state index in [2.05, 4.69) is 25.2 Å². The van der Waals surface area contributed by atoms with Gasteiger partial charge in [0.1, 0.15) is 0 Å². The third kappa shape index (κ3) is 4.74. The van der Waals surface area contributed by atoms with E-state index in [4.69, 9.17) is 0 Å². The lowest BCUT2D eigenvalue weighted by molar-refractivity contribution is 0.102. The Labute approximate surface area is 185 Å². The predicted octanol–water partition coefficient (Wildman–Crippen LogP) is 3.51. The largest absolute Gasteiger partial charge is 0.305 e. The summed E-state index contributed by atoms with van der Waals surface area (Å²) in [5.41, 5.74) is 3.47. The smallest absolute Gasteiger partial charge is 0.256 e. The summed E-state index contributed by atoms with van der Waals surface area (Å²) in [6.07, 6.45) is 3.34. The monoisotopic (exact) mass is 447 g/mol. The fraction of sp³-hybridized carbons (Fsp3) is 0.0870. The first-order chi connectivity index (χ1) is 15.4. The van der Waals surface area contributed by atoms with E-state index in [-0.39, 0.29) is 17.0 Å². The first-order valence-corrected chi connectivity index (χ1v) is 11.3. The van der Waals surface area contributed by atoms with E-state index >= 15 is 0 Å². The van der Waals surface area contributed by atoms with Crippen molar-refractivity contribution < 1.29 is 13.2 Å². The molecule has 2 aromatic carbocycles. The minimum atomic E-state index is -3.79. The van der Waals surface area contributed by atoms with Gasteiger partial charge in [-0.25, -0.2) is 13.1 Å². The number of benzene rings is 2. The lowest BCUT2D eigenvalue weighted by Gasteiger charge is -2.09. The van der Waals surface area contributed by atoms with Gasteiger partial charge in [-0.1, -0.05) is 36.4 Å². The van der Waals surface area contributed by atoms with Gasteiger partial charge in [-0.2, -0.15) is 5.10 Å². The van der Waals surface area contributed by atoms with Gasteiger partial charge in [0.15, 0.2) is 5.82 Å². The number of hydrogen-bond donors (Lipinski definition) is 3. The number of hydrogen-bond acceptors (Lipinski definition) is 5. The van der Waals surface area contributed by atoms with Crippen LogP contribution < -0.4 is 10.0 Å². The van der Waals surface area contributed by atoms with Crippen molar-refractivity contribution in [1.82, 2.24) is 19.9 Å². The second kappa shape index (κ2) is 9.13. The van der Waals surface area contributed by atoms with Gasteiger partial charge in [-0.05, 0) is 42.8 Å². The molecule has 3 N–H and O–H groups in total. The average Bonchev–Trinajstić information content (AvgIpc) is 3.19. The first kappa shape index (κ1) is 21.4. The molecule has 2 heterocycles. The zero-order chi connectivity index (χ0) is 22.6. The number of nitrogens with one attached hydrogen (secondary N) is 3. The Kier molecular flexibility index (Phi) is 6.11. The van der Waals surface area contributed by atoms with Crippen LogP contribution in [-0.4, -0.2) is 29.5 Å². The number of H-pyrrole nitrogens is 1. The topological polar surface area (TPSA) is 117 Å². The van der Waals surface area contributed by atoms with Crippen molar-refractivity contribution >= 4 is 21.7 Å². The molecule has 0 unspecified atom stereocenters. The third-order valence-electron chi connectivity index (χ3n) is 4.93. The van der Waals surface area contributed by atoms with Crippen LogP contribution >= 0.6 is 0 Å². The highest BCUT2D eigenvalue weighted by molar-refractivity contribution is 7.89. The Hall–Kier alpha value is -3.82. The highest BCUT2D eigenvalue weighted by Crippen LogP contribution is 2.25. The molecule has 2 aromatic heterocycles. The van der Waals surface area contributed by atoms with Crippen LogP contribution in [0.25, 0.3) is 11.3 Å². The maximum Gasteiger partial charge on any atom is 0.256 e. The minimum Gasteiger partial charge on any atom is -0.305 e. The number of aromatic amines is 1. The van der Waals surface area contributed by atoms with Crippen molar-refractivity contribution in [2.24, 2.45) is 0 Å². The molecule has 0 aliphatic rings. The first-order valence-electron chi connectivity index (χ1n) is 9.84. The molecular formula is C23H21N5O3S. The van der Waals surface area contributed by atoms with Gasteiger partial charge in [0.2, 0.25) is 10.0 Å². The predicted molar refractivity (Wildman–Crippen MR) is 121 cm³/mol. The molecule has 8 nitrogen and oxygen atoms in total. The number of carbonyl (C=O) groups excluding carboxylic acids is 1. The molecule has 9 heteroatoms. The summed E-state index contributed by atoms with van der Waals surface area (Å²) in [6.45, 7) is 1.99. The average molecular weight is 448 g/mol. The van der Waals surface area contributed by atoms with E-state index in [0.29, 0.717) is 5.82 Å². The fourth-order valence-electron chi connectivity index (χ4n) is 3.16. The summed E-state index contributed by atoms with van der Waals surface area (Å²) in [7, 11) is -3.79. The number of nitrogens with zero attached hydrogens (tertiary/aromatic N) is 2. The lowest BCUT2D eigenvalue weighted by atomic mass is 10.1. The molecule has 32 heavy (non-hydrogen) atoms. The van der Waals surface area contributed by atoms with Crippen LogP contribution in [-0.2, 0) is 16.6 Å². The number of aromatic nitrogens is 3. The fourth-order valence-corrected chi connectivity index (χ4v) is 4.22. The molecule has 4 rings (SSSR count). The molecule has 0 bridgehead atoms. The second-order valence-electron chi connectivity index (χ2n) is 7.10. The molecule has 0 fully saturated rings. The molecular weight excluding hydrogens is 426 g/mol. The van der Waals surface area contributed by atoms with Gasteiger partial charge < -0.3 is 5.32 Å². The second-order valence-corrected chi connectivity index (χ2v) is 8.87. The number of pyridine rings is 1. The van der Waals surface area contributed by atoms with E-state index < -0.39 is 15.9 Å². The Morgan fingerprint density at radius 3 is 2.50 bits per heavy atom. The van der Waals surface area contributed by atoms with E-state index in [1.54, 1.807) is 18.5 Å². The Balaban J connectivity index is 1.50. The number of carbonyl (C=O) groups is 1. The standard InChI is InChI=1S/C23H21N5O3S/c1-16-21(18-10-12-24-13-11-18)27-28-22(16)26-23(29)19-8-5-9-20(14-19)32(30,31)25-15-17-6-3-2-4-7-17/h2-14,25H,15H2,1H3,(H2,26,27,28,29). The summed E-state index contributed by atoms with van der Waals surface area (Å²) in [5, 5.41) is 9.84. The Morgan fingerprint density at radius 2 is 1.75 bits per heavy atom. The SMILES string of the molecule is Cc1c(NC(=O)c2cccc(S(=O)(=O)NCc3ccccc3)c2)n[nH]c1-c1ccncc1. The van der Waals surface area contributed by atoms with E-state index in [1.807, 2.05) is 49.4 Å². The van der Waals surface area contributed by atoms with Gasteiger partial charge in [-0.3, -0.25) is 14.9 Å². The van der Waals surface area contributed by atoms with Crippen LogP contribution in [0.4, 0.5) is 5.82 Å². The van der Waals surface area contributed by atoms with Gasteiger partial charge in [0.25, 0.3) is 5.91 Å². The molecule has 0 saturated heterocycles. The van der Waals surface area contributed by atoms with Crippen LogP contribution in [0.15, 0.2) is 84.0 Å². The summed E-state index contributed by atoms with van der Waals surface area (Å²) in [4.78, 5) is 16.8.